The fourth-order valence-electron chi connectivity index (χ4n) is 1.41. The first kappa shape index (κ1) is 5.86. The monoisotopic (exact) mass is 135 g/mol. The third-order valence-electron chi connectivity index (χ3n) is 1.99. The summed E-state index contributed by atoms with van der Waals surface area (Å²) in [5, 5.41) is 9.34. The molecule has 0 spiro atoms. The van der Waals surface area contributed by atoms with Crippen LogP contribution in [0.5, 0.6) is 0 Å². The molecule has 2 heteroatoms. The number of aliphatic hydroxyl groups excluding tert-OH is 1. The van der Waals surface area contributed by atoms with Gasteiger partial charge in [-0.25, -0.2) is 0 Å². The molecule has 1 heterocycles. The van der Waals surface area contributed by atoms with Gasteiger partial charge in [-0.3, -0.25) is 4.98 Å². The van der Waals surface area contributed by atoms with Gasteiger partial charge in [-0.15, -0.1) is 0 Å². The maximum Gasteiger partial charge on any atom is 0.0810 e. The van der Waals surface area contributed by atoms with Crippen molar-refractivity contribution in [3.05, 3.63) is 29.6 Å². The van der Waals surface area contributed by atoms with Gasteiger partial charge in [-0.1, -0.05) is 0 Å². The van der Waals surface area contributed by atoms with Gasteiger partial charge in [0.25, 0.3) is 0 Å². The van der Waals surface area contributed by atoms with E-state index in [-0.39, 0.29) is 6.10 Å². The molecule has 0 saturated heterocycles. The molecule has 1 aromatic heterocycles. The van der Waals surface area contributed by atoms with E-state index < -0.39 is 0 Å². The van der Waals surface area contributed by atoms with Crippen LogP contribution in [-0.2, 0) is 6.42 Å². The van der Waals surface area contributed by atoms with E-state index >= 15 is 0 Å². The van der Waals surface area contributed by atoms with Crippen LogP contribution in [0.3, 0.4) is 0 Å². The predicted molar refractivity (Wildman–Crippen MR) is 37.5 cm³/mol. The summed E-state index contributed by atoms with van der Waals surface area (Å²) in [6.07, 6.45) is 5.13. The van der Waals surface area contributed by atoms with Crippen molar-refractivity contribution in [2.24, 2.45) is 0 Å². The van der Waals surface area contributed by atoms with E-state index in [1.54, 1.807) is 12.4 Å². The van der Waals surface area contributed by atoms with E-state index in [9.17, 15) is 5.11 Å². The highest BCUT2D eigenvalue weighted by Gasteiger charge is 2.18. The highest BCUT2D eigenvalue weighted by atomic mass is 16.3. The topological polar surface area (TPSA) is 33.1 Å². The molecule has 0 fully saturated rings. The van der Waals surface area contributed by atoms with E-state index in [2.05, 4.69) is 4.98 Å². The normalized spacial score (nSPS) is 22.7. The van der Waals surface area contributed by atoms with Crippen molar-refractivity contribution in [1.82, 2.24) is 4.98 Å². The third kappa shape index (κ3) is 0.727. The Balaban J connectivity index is 2.51. The second-order valence-corrected chi connectivity index (χ2v) is 2.63. The van der Waals surface area contributed by atoms with Crippen LogP contribution >= 0.6 is 0 Å². The average molecular weight is 135 g/mol. The van der Waals surface area contributed by atoms with E-state index in [1.165, 1.54) is 5.56 Å². The molecule has 0 aliphatic heterocycles. The zero-order valence-electron chi connectivity index (χ0n) is 5.62. The van der Waals surface area contributed by atoms with E-state index in [1.807, 2.05) is 6.07 Å². The van der Waals surface area contributed by atoms with Gasteiger partial charge in [0.15, 0.2) is 0 Å². The number of pyridine rings is 1. The van der Waals surface area contributed by atoms with Crippen LogP contribution in [0.1, 0.15) is 23.7 Å². The van der Waals surface area contributed by atoms with Gasteiger partial charge in [0.2, 0.25) is 0 Å². The second kappa shape index (κ2) is 2.06. The molecule has 0 radical (unpaired) electrons. The molecule has 0 aromatic carbocycles. The molecular weight excluding hydrogens is 126 g/mol. The van der Waals surface area contributed by atoms with E-state index in [0.29, 0.717) is 0 Å². The Morgan fingerprint density at radius 1 is 1.60 bits per heavy atom. The van der Waals surface area contributed by atoms with Crippen LogP contribution in [0.25, 0.3) is 0 Å². The van der Waals surface area contributed by atoms with Crippen molar-refractivity contribution in [3.8, 4) is 0 Å². The van der Waals surface area contributed by atoms with Gasteiger partial charge in [-0.05, 0) is 24.5 Å². The fraction of sp³-hybridized carbons (Fsp3) is 0.375. The lowest BCUT2D eigenvalue weighted by Crippen LogP contribution is -1.89. The van der Waals surface area contributed by atoms with Crippen molar-refractivity contribution >= 4 is 0 Å². The summed E-state index contributed by atoms with van der Waals surface area (Å²) in [7, 11) is 0. The average Bonchev–Trinajstić information content (AvgIpc) is 2.34. The zero-order chi connectivity index (χ0) is 6.97. The van der Waals surface area contributed by atoms with Crippen LogP contribution in [-0.4, -0.2) is 10.1 Å². The number of nitrogens with zero attached hydrogens (tertiary/aromatic N) is 1. The molecule has 0 amide bonds. The molecule has 52 valence electrons. The number of rotatable bonds is 0. The Morgan fingerprint density at radius 2 is 2.50 bits per heavy atom. The summed E-state index contributed by atoms with van der Waals surface area (Å²) in [6.45, 7) is 0. The number of hydrogen-bond acceptors (Lipinski definition) is 2. The molecule has 0 saturated carbocycles. The lowest BCUT2D eigenvalue weighted by Gasteiger charge is -1.99. The maximum absolute atomic E-state index is 9.34. The Hall–Kier alpha value is -0.890. The number of aliphatic hydroxyl groups is 1. The van der Waals surface area contributed by atoms with Crippen LogP contribution in [0, 0.1) is 0 Å². The molecule has 2 rings (SSSR count). The van der Waals surface area contributed by atoms with Gasteiger partial charge in [0, 0.05) is 18.0 Å². The number of fused-ring (bicyclic) bond motifs is 1. The first-order chi connectivity index (χ1) is 4.88. The zero-order valence-corrected chi connectivity index (χ0v) is 5.62. The second-order valence-electron chi connectivity index (χ2n) is 2.63. The van der Waals surface area contributed by atoms with Gasteiger partial charge in [-0.2, -0.15) is 0 Å². The number of aryl methyl sites for hydroxylation is 1. The molecule has 1 aliphatic carbocycles. The molecule has 10 heavy (non-hydrogen) atoms. The number of hydrogen-bond donors (Lipinski definition) is 1. The predicted octanol–water partition coefficient (Wildman–Crippen LogP) is 1.06. The van der Waals surface area contributed by atoms with Crippen LogP contribution in [0.4, 0.5) is 0 Å². The summed E-state index contributed by atoms with van der Waals surface area (Å²) in [5.74, 6) is 0. The molecular formula is C8H9NO. The highest BCUT2D eigenvalue weighted by molar-refractivity contribution is 5.29. The fourth-order valence-corrected chi connectivity index (χ4v) is 1.41. The van der Waals surface area contributed by atoms with Crippen molar-refractivity contribution in [3.63, 3.8) is 0 Å². The van der Waals surface area contributed by atoms with Crippen LogP contribution in [0.2, 0.25) is 0 Å². The molecule has 0 bridgehead atoms. The van der Waals surface area contributed by atoms with Crippen molar-refractivity contribution in [1.29, 1.82) is 0 Å². The summed E-state index contributed by atoms with van der Waals surface area (Å²) in [6, 6.07) is 1.98. The standard InChI is InChI=1S/C8H9NO/c10-8-2-1-6-3-4-9-5-7(6)8/h3-5,8,10H,1-2H2. The molecule has 1 aromatic rings. The highest BCUT2D eigenvalue weighted by Crippen LogP contribution is 2.29. The summed E-state index contributed by atoms with van der Waals surface area (Å²) >= 11 is 0. The SMILES string of the molecule is OC1CCc2ccncc21. The Kier molecular flexibility index (Phi) is 1.21. The molecule has 1 N–H and O–H groups in total. The smallest absolute Gasteiger partial charge is 0.0810 e. The van der Waals surface area contributed by atoms with Gasteiger partial charge >= 0.3 is 0 Å². The Labute approximate surface area is 59.5 Å². The van der Waals surface area contributed by atoms with Gasteiger partial charge in [0.1, 0.15) is 0 Å². The van der Waals surface area contributed by atoms with Crippen molar-refractivity contribution in [2.45, 2.75) is 18.9 Å². The lowest BCUT2D eigenvalue weighted by molar-refractivity contribution is 0.179. The molecule has 1 aliphatic rings. The summed E-state index contributed by atoms with van der Waals surface area (Å²) < 4.78 is 0. The van der Waals surface area contributed by atoms with Crippen molar-refractivity contribution < 1.29 is 5.11 Å². The number of aromatic nitrogens is 1. The maximum atomic E-state index is 9.34. The van der Waals surface area contributed by atoms with E-state index in [0.717, 1.165) is 18.4 Å². The quantitative estimate of drug-likeness (QED) is 0.577. The van der Waals surface area contributed by atoms with E-state index in [4.69, 9.17) is 0 Å². The van der Waals surface area contributed by atoms with Crippen LogP contribution < -0.4 is 0 Å². The van der Waals surface area contributed by atoms with Crippen LogP contribution in [0.15, 0.2) is 18.5 Å². The molecule has 1 unspecified atom stereocenters. The minimum absolute atomic E-state index is 0.260. The first-order valence-corrected chi connectivity index (χ1v) is 3.49. The summed E-state index contributed by atoms with van der Waals surface area (Å²) in [4.78, 5) is 3.95. The largest absolute Gasteiger partial charge is 0.388 e. The lowest BCUT2D eigenvalue weighted by atomic mass is 10.2. The summed E-state index contributed by atoms with van der Waals surface area (Å²) in [5.41, 5.74) is 2.27. The molecule has 1 atom stereocenters. The Bertz CT molecular complexity index is 247. The van der Waals surface area contributed by atoms with Gasteiger partial charge < -0.3 is 5.11 Å². The van der Waals surface area contributed by atoms with Crippen molar-refractivity contribution in [2.75, 3.05) is 0 Å². The molecule has 2 nitrogen and oxygen atoms in total. The third-order valence-corrected chi connectivity index (χ3v) is 1.99. The Morgan fingerprint density at radius 3 is 3.30 bits per heavy atom. The van der Waals surface area contributed by atoms with Gasteiger partial charge in [0.05, 0.1) is 6.10 Å². The first-order valence-electron chi connectivity index (χ1n) is 3.49. The minimum Gasteiger partial charge on any atom is -0.388 e. The minimum atomic E-state index is -0.260.